The van der Waals surface area contributed by atoms with Gasteiger partial charge >= 0.3 is 0 Å². The summed E-state index contributed by atoms with van der Waals surface area (Å²) in [6, 6.07) is 11.3. The molecule has 136 valence electrons. The van der Waals surface area contributed by atoms with Gasteiger partial charge in [-0.1, -0.05) is 23.7 Å². The normalized spacial score (nSPS) is 10.8. The summed E-state index contributed by atoms with van der Waals surface area (Å²) in [6.07, 6.45) is 3.53. The summed E-state index contributed by atoms with van der Waals surface area (Å²) in [6.45, 7) is 1.44. The number of nitrogens with one attached hydrogen (secondary N) is 1. The van der Waals surface area contributed by atoms with Crippen molar-refractivity contribution < 1.29 is 14.3 Å². The van der Waals surface area contributed by atoms with Gasteiger partial charge in [-0.2, -0.15) is 0 Å². The van der Waals surface area contributed by atoms with E-state index in [0.29, 0.717) is 30.7 Å². The van der Waals surface area contributed by atoms with Gasteiger partial charge in [0.1, 0.15) is 13.2 Å². The number of amides is 1. The zero-order chi connectivity index (χ0) is 18.4. The highest BCUT2D eigenvalue weighted by Gasteiger charge is 2.09. The second kappa shape index (κ2) is 8.69. The number of nitrogens with zero attached hydrogens (tertiary/aromatic N) is 2. The summed E-state index contributed by atoms with van der Waals surface area (Å²) in [5.74, 6) is 0.400. The summed E-state index contributed by atoms with van der Waals surface area (Å²) in [5.41, 5.74) is 1.75. The Labute approximate surface area is 156 Å². The van der Waals surface area contributed by atoms with E-state index in [1.807, 2.05) is 47.2 Å². The fourth-order valence-electron chi connectivity index (χ4n) is 2.61. The van der Waals surface area contributed by atoms with E-state index < -0.39 is 0 Å². The molecular formula is C19H20ClN3O3. The van der Waals surface area contributed by atoms with Crippen molar-refractivity contribution in [2.75, 3.05) is 20.3 Å². The van der Waals surface area contributed by atoms with Crippen LogP contribution in [0.25, 0.3) is 10.9 Å². The van der Waals surface area contributed by atoms with Crippen molar-refractivity contribution in [1.82, 2.24) is 14.9 Å². The summed E-state index contributed by atoms with van der Waals surface area (Å²) in [7, 11) is 1.61. The molecule has 0 saturated heterocycles. The van der Waals surface area contributed by atoms with Gasteiger partial charge in [0.15, 0.2) is 0 Å². The first-order chi connectivity index (χ1) is 12.7. The first-order valence-corrected chi connectivity index (χ1v) is 8.62. The Morgan fingerprint density at radius 3 is 3.00 bits per heavy atom. The molecule has 0 atom stereocenters. The molecule has 0 radical (unpaired) electrons. The molecule has 0 spiro atoms. The van der Waals surface area contributed by atoms with Gasteiger partial charge in [0.25, 0.3) is 0 Å². The molecule has 7 heteroatoms. The molecule has 0 aliphatic heterocycles. The van der Waals surface area contributed by atoms with Crippen LogP contribution < -0.4 is 10.1 Å². The van der Waals surface area contributed by atoms with Gasteiger partial charge in [-0.15, -0.1) is 0 Å². The van der Waals surface area contributed by atoms with Crippen LogP contribution in [0.15, 0.2) is 48.8 Å². The summed E-state index contributed by atoms with van der Waals surface area (Å²) >= 11 is 6.05. The molecule has 0 saturated carbocycles. The highest BCUT2D eigenvalue weighted by molar-refractivity contribution is 6.31. The summed E-state index contributed by atoms with van der Waals surface area (Å²) in [5, 5.41) is 4.59. The molecule has 0 aliphatic carbocycles. The summed E-state index contributed by atoms with van der Waals surface area (Å²) in [4.78, 5) is 16.5. The number of halogens is 1. The topological polar surface area (TPSA) is 65.4 Å². The number of pyridine rings is 1. The molecule has 6 nitrogen and oxygen atoms in total. The van der Waals surface area contributed by atoms with Crippen LogP contribution >= 0.6 is 11.6 Å². The van der Waals surface area contributed by atoms with E-state index in [9.17, 15) is 4.79 Å². The van der Waals surface area contributed by atoms with Crippen LogP contribution in [-0.2, 0) is 22.6 Å². The van der Waals surface area contributed by atoms with Crippen LogP contribution in [0.5, 0.6) is 5.88 Å². The fourth-order valence-corrected chi connectivity index (χ4v) is 2.78. The van der Waals surface area contributed by atoms with Crippen molar-refractivity contribution >= 4 is 28.4 Å². The third kappa shape index (κ3) is 4.53. The molecule has 2 heterocycles. The van der Waals surface area contributed by atoms with Gasteiger partial charge in [-0.3, -0.25) is 4.79 Å². The monoisotopic (exact) mass is 373 g/mol. The van der Waals surface area contributed by atoms with Gasteiger partial charge in [0, 0.05) is 42.2 Å². The first-order valence-electron chi connectivity index (χ1n) is 8.24. The van der Waals surface area contributed by atoms with E-state index in [4.69, 9.17) is 21.1 Å². The van der Waals surface area contributed by atoms with E-state index in [2.05, 4.69) is 10.3 Å². The predicted molar refractivity (Wildman–Crippen MR) is 100 cm³/mol. The largest absolute Gasteiger partial charge is 0.475 e. The van der Waals surface area contributed by atoms with Crippen molar-refractivity contribution in [3.05, 3.63) is 59.4 Å². The number of carbonyl (C=O) groups is 1. The molecule has 0 aliphatic rings. The second-order valence-electron chi connectivity index (χ2n) is 5.73. The molecule has 0 unspecified atom stereocenters. The van der Waals surface area contributed by atoms with E-state index >= 15 is 0 Å². The SMILES string of the molecule is COCCOc1ncccc1CNC(=O)Cn1ccc2ccc(Cl)cc21. The minimum absolute atomic E-state index is 0.103. The number of carbonyl (C=O) groups excluding carboxylic acids is 1. The average Bonchev–Trinajstić information content (AvgIpc) is 3.03. The van der Waals surface area contributed by atoms with Crippen molar-refractivity contribution in [3.63, 3.8) is 0 Å². The third-order valence-corrected chi connectivity index (χ3v) is 4.14. The smallest absolute Gasteiger partial charge is 0.240 e. The second-order valence-corrected chi connectivity index (χ2v) is 6.17. The summed E-state index contributed by atoms with van der Waals surface area (Å²) < 4.78 is 12.4. The maximum absolute atomic E-state index is 12.3. The predicted octanol–water partition coefficient (Wildman–Crippen LogP) is 3.03. The fraction of sp³-hybridized carbons (Fsp3) is 0.263. The Kier molecular flexibility index (Phi) is 6.09. The number of rotatable bonds is 8. The van der Waals surface area contributed by atoms with E-state index in [1.54, 1.807) is 13.3 Å². The Bertz CT molecular complexity index is 895. The standard InChI is InChI=1S/C19H20ClN3O3/c1-25-9-10-26-19-15(3-2-7-21-19)12-22-18(24)13-23-8-6-14-4-5-16(20)11-17(14)23/h2-8,11H,9-10,12-13H2,1H3,(H,22,24). The number of fused-ring (bicyclic) bond motifs is 1. The van der Waals surface area contributed by atoms with Gasteiger partial charge in [0.2, 0.25) is 11.8 Å². The molecule has 1 aromatic carbocycles. The molecule has 2 aromatic heterocycles. The lowest BCUT2D eigenvalue weighted by molar-refractivity contribution is -0.121. The Balaban J connectivity index is 1.61. The minimum atomic E-state index is -0.103. The van der Waals surface area contributed by atoms with Gasteiger partial charge in [0.05, 0.1) is 6.61 Å². The highest BCUT2D eigenvalue weighted by atomic mass is 35.5. The number of hydrogen-bond donors (Lipinski definition) is 1. The van der Waals surface area contributed by atoms with E-state index in [1.165, 1.54) is 0 Å². The van der Waals surface area contributed by atoms with Crippen molar-refractivity contribution in [1.29, 1.82) is 0 Å². The molecular weight excluding hydrogens is 354 g/mol. The Hall–Kier alpha value is -2.57. The molecule has 0 bridgehead atoms. The molecule has 3 rings (SSSR count). The lowest BCUT2D eigenvalue weighted by Crippen LogP contribution is -2.27. The number of benzene rings is 1. The molecule has 26 heavy (non-hydrogen) atoms. The molecule has 3 aromatic rings. The van der Waals surface area contributed by atoms with Crippen LogP contribution in [0, 0.1) is 0 Å². The van der Waals surface area contributed by atoms with Crippen molar-refractivity contribution in [2.24, 2.45) is 0 Å². The van der Waals surface area contributed by atoms with E-state index in [0.717, 1.165) is 16.5 Å². The number of methoxy groups -OCH3 is 1. The van der Waals surface area contributed by atoms with Gasteiger partial charge in [-0.25, -0.2) is 4.98 Å². The van der Waals surface area contributed by atoms with Crippen LogP contribution in [0.4, 0.5) is 0 Å². The Morgan fingerprint density at radius 1 is 1.27 bits per heavy atom. The molecule has 0 fully saturated rings. The lowest BCUT2D eigenvalue weighted by atomic mass is 10.2. The first kappa shape index (κ1) is 18.2. The van der Waals surface area contributed by atoms with Crippen molar-refractivity contribution in [2.45, 2.75) is 13.1 Å². The van der Waals surface area contributed by atoms with Gasteiger partial charge < -0.3 is 19.4 Å². The van der Waals surface area contributed by atoms with Crippen LogP contribution in [0.2, 0.25) is 5.02 Å². The number of ether oxygens (including phenoxy) is 2. The minimum Gasteiger partial charge on any atom is -0.475 e. The van der Waals surface area contributed by atoms with Crippen molar-refractivity contribution in [3.8, 4) is 5.88 Å². The van der Waals surface area contributed by atoms with Crippen LogP contribution in [-0.4, -0.2) is 35.8 Å². The molecule has 1 N–H and O–H groups in total. The zero-order valence-electron chi connectivity index (χ0n) is 14.4. The van der Waals surface area contributed by atoms with Crippen LogP contribution in [0.1, 0.15) is 5.56 Å². The highest BCUT2D eigenvalue weighted by Crippen LogP contribution is 2.20. The van der Waals surface area contributed by atoms with Gasteiger partial charge in [-0.05, 0) is 29.7 Å². The van der Waals surface area contributed by atoms with E-state index in [-0.39, 0.29) is 12.5 Å². The third-order valence-electron chi connectivity index (χ3n) is 3.90. The lowest BCUT2D eigenvalue weighted by Gasteiger charge is -2.11. The molecule has 1 amide bonds. The number of aromatic nitrogens is 2. The number of hydrogen-bond acceptors (Lipinski definition) is 4. The zero-order valence-corrected chi connectivity index (χ0v) is 15.2. The Morgan fingerprint density at radius 2 is 2.15 bits per heavy atom. The maximum atomic E-state index is 12.3. The quantitative estimate of drug-likeness (QED) is 0.616. The average molecular weight is 374 g/mol. The van der Waals surface area contributed by atoms with Crippen LogP contribution in [0.3, 0.4) is 0 Å². The maximum Gasteiger partial charge on any atom is 0.240 e.